The van der Waals surface area contributed by atoms with E-state index in [1.54, 1.807) is 0 Å². The van der Waals surface area contributed by atoms with Crippen molar-refractivity contribution in [3.63, 3.8) is 0 Å². The first-order valence-electron chi connectivity index (χ1n) is 6.97. The maximum absolute atomic E-state index is 5.72. The number of benzene rings is 2. The maximum atomic E-state index is 5.72. The van der Waals surface area contributed by atoms with Gasteiger partial charge in [-0.05, 0) is 47.2 Å². The molecule has 1 aliphatic rings. The Kier molecular flexibility index (Phi) is 3.62. The molecule has 0 spiro atoms. The van der Waals surface area contributed by atoms with Crippen LogP contribution < -0.4 is 11.1 Å². The van der Waals surface area contributed by atoms with Gasteiger partial charge >= 0.3 is 0 Å². The molecule has 0 aliphatic carbocycles. The van der Waals surface area contributed by atoms with Gasteiger partial charge in [-0.3, -0.25) is 0 Å². The lowest BCUT2D eigenvalue weighted by atomic mass is 9.94. The van der Waals surface area contributed by atoms with Crippen molar-refractivity contribution in [1.29, 1.82) is 0 Å². The quantitative estimate of drug-likeness (QED) is 0.881. The Bertz CT molecular complexity index is 557. The average Bonchev–Trinajstić information content (AvgIpc) is 3.02. The van der Waals surface area contributed by atoms with E-state index in [4.69, 9.17) is 5.73 Å². The second kappa shape index (κ2) is 5.55. The first-order valence-corrected chi connectivity index (χ1v) is 6.97. The number of nitrogens with one attached hydrogen (secondary N) is 1. The van der Waals surface area contributed by atoms with E-state index < -0.39 is 0 Å². The van der Waals surface area contributed by atoms with Gasteiger partial charge < -0.3 is 11.1 Å². The molecule has 1 unspecified atom stereocenters. The highest BCUT2D eigenvalue weighted by molar-refractivity contribution is 5.65. The Morgan fingerprint density at radius 3 is 2.58 bits per heavy atom. The third kappa shape index (κ3) is 2.70. The number of rotatable bonds is 3. The minimum atomic E-state index is 0.597. The summed E-state index contributed by atoms with van der Waals surface area (Å²) < 4.78 is 0. The van der Waals surface area contributed by atoms with Crippen LogP contribution in [0.5, 0.6) is 0 Å². The summed E-state index contributed by atoms with van der Waals surface area (Å²) in [4.78, 5) is 0. The molecule has 0 radical (unpaired) electrons. The summed E-state index contributed by atoms with van der Waals surface area (Å²) in [5.74, 6) is 0.664. The van der Waals surface area contributed by atoms with E-state index in [0.29, 0.717) is 12.5 Å². The van der Waals surface area contributed by atoms with Crippen LogP contribution in [0.1, 0.15) is 23.5 Å². The van der Waals surface area contributed by atoms with Gasteiger partial charge in [-0.1, -0.05) is 42.5 Å². The molecule has 1 aliphatic heterocycles. The lowest BCUT2D eigenvalue weighted by molar-refractivity contribution is 0.764. The Morgan fingerprint density at radius 2 is 1.84 bits per heavy atom. The van der Waals surface area contributed by atoms with Gasteiger partial charge in [0.25, 0.3) is 0 Å². The van der Waals surface area contributed by atoms with Crippen molar-refractivity contribution in [2.75, 3.05) is 13.1 Å². The Morgan fingerprint density at radius 1 is 1.05 bits per heavy atom. The van der Waals surface area contributed by atoms with Gasteiger partial charge in [-0.25, -0.2) is 0 Å². The van der Waals surface area contributed by atoms with Crippen LogP contribution in [0.2, 0.25) is 0 Å². The highest BCUT2D eigenvalue weighted by Crippen LogP contribution is 2.27. The van der Waals surface area contributed by atoms with E-state index >= 15 is 0 Å². The van der Waals surface area contributed by atoms with E-state index in [1.165, 1.54) is 28.7 Å². The van der Waals surface area contributed by atoms with E-state index in [-0.39, 0.29) is 0 Å². The van der Waals surface area contributed by atoms with Gasteiger partial charge in [0.05, 0.1) is 0 Å². The van der Waals surface area contributed by atoms with Crippen LogP contribution in [-0.4, -0.2) is 13.1 Å². The minimum absolute atomic E-state index is 0.597. The van der Waals surface area contributed by atoms with E-state index in [2.05, 4.69) is 53.8 Å². The first-order chi connectivity index (χ1) is 9.36. The zero-order valence-corrected chi connectivity index (χ0v) is 11.1. The van der Waals surface area contributed by atoms with Gasteiger partial charge in [0.1, 0.15) is 0 Å². The fourth-order valence-electron chi connectivity index (χ4n) is 2.79. The highest BCUT2D eigenvalue weighted by atomic mass is 14.9. The number of hydrogen-bond acceptors (Lipinski definition) is 2. The van der Waals surface area contributed by atoms with Gasteiger partial charge in [0, 0.05) is 13.1 Å². The van der Waals surface area contributed by atoms with Crippen LogP contribution in [0.25, 0.3) is 11.1 Å². The summed E-state index contributed by atoms with van der Waals surface area (Å²) >= 11 is 0. The van der Waals surface area contributed by atoms with Gasteiger partial charge in [-0.2, -0.15) is 0 Å². The minimum Gasteiger partial charge on any atom is -0.326 e. The predicted molar refractivity (Wildman–Crippen MR) is 80.0 cm³/mol. The number of nitrogens with two attached hydrogens (primary N) is 1. The molecule has 0 amide bonds. The van der Waals surface area contributed by atoms with Crippen molar-refractivity contribution < 1.29 is 0 Å². The monoisotopic (exact) mass is 252 g/mol. The fraction of sp³-hybridized carbons (Fsp3) is 0.294. The lowest BCUT2D eigenvalue weighted by Gasteiger charge is -2.11. The van der Waals surface area contributed by atoms with Crippen molar-refractivity contribution >= 4 is 0 Å². The zero-order chi connectivity index (χ0) is 13.1. The number of hydrogen-bond donors (Lipinski definition) is 2. The Hall–Kier alpha value is -1.64. The molecular weight excluding hydrogens is 232 g/mol. The summed E-state index contributed by atoms with van der Waals surface area (Å²) in [6, 6.07) is 17.4. The fourth-order valence-corrected chi connectivity index (χ4v) is 2.79. The van der Waals surface area contributed by atoms with Gasteiger partial charge in [-0.15, -0.1) is 0 Å². The molecule has 1 saturated heterocycles. The van der Waals surface area contributed by atoms with Crippen LogP contribution in [0.15, 0.2) is 48.5 Å². The molecule has 19 heavy (non-hydrogen) atoms. The standard InChI is InChI=1S/C17H20N2/c18-11-13-3-1-4-14(9-13)15-5-2-6-16(10-15)17-7-8-19-12-17/h1-6,9-10,17,19H,7-8,11-12,18H2. The van der Waals surface area contributed by atoms with E-state index in [9.17, 15) is 0 Å². The van der Waals surface area contributed by atoms with Crippen molar-refractivity contribution in [3.8, 4) is 11.1 Å². The summed E-state index contributed by atoms with van der Waals surface area (Å²) in [6.07, 6.45) is 1.24. The molecule has 3 rings (SSSR count). The molecule has 1 fully saturated rings. The van der Waals surface area contributed by atoms with Crippen LogP contribution >= 0.6 is 0 Å². The van der Waals surface area contributed by atoms with E-state index in [0.717, 1.165) is 13.1 Å². The topological polar surface area (TPSA) is 38.0 Å². The van der Waals surface area contributed by atoms with Crippen LogP contribution in [0.3, 0.4) is 0 Å². The third-order valence-electron chi connectivity index (χ3n) is 3.91. The maximum Gasteiger partial charge on any atom is 0.0178 e. The molecule has 2 aromatic carbocycles. The molecule has 1 atom stereocenters. The van der Waals surface area contributed by atoms with Crippen molar-refractivity contribution in [2.24, 2.45) is 5.73 Å². The molecule has 0 bridgehead atoms. The van der Waals surface area contributed by atoms with Crippen LogP contribution in [-0.2, 0) is 6.54 Å². The average molecular weight is 252 g/mol. The third-order valence-corrected chi connectivity index (χ3v) is 3.91. The van der Waals surface area contributed by atoms with Crippen LogP contribution in [0.4, 0.5) is 0 Å². The van der Waals surface area contributed by atoms with Crippen molar-refractivity contribution in [2.45, 2.75) is 18.9 Å². The molecule has 0 aromatic heterocycles. The smallest absolute Gasteiger partial charge is 0.0178 e. The second-order valence-electron chi connectivity index (χ2n) is 5.22. The summed E-state index contributed by atoms with van der Waals surface area (Å²) in [5, 5.41) is 3.43. The SMILES string of the molecule is NCc1cccc(-c2cccc(C3CCNC3)c2)c1. The normalized spacial score (nSPS) is 18.7. The second-order valence-corrected chi connectivity index (χ2v) is 5.22. The molecule has 3 N–H and O–H groups in total. The molecule has 98 valence electrons. The van der Waals surface area contributed by atoms with Gasteiger partial charge in [0.2, 0.25) is 0 Å². The molecule has 2 heteroatoms. The molecular formula is C17H20N2. The molecule has 1 heterocycles. The summed E-state index contributed by atoms with van der Waals surface area (Å²) in [6.45, 7) is 2.84. The first kappa shape index (κ1) is 12.4. The van der Waals surface area contributed by atoms with Crippen molar-refractivity contribution in [3.05, 3.63) is 59.7 Å². The van der Waals surface area contributed by atoms with E-state index in [1.807, 2.05) is 0 Å². The van der Waals surface area contributed by atoms with Crippen molar-refractivity contribution in [1.82, 2.24) is 5.32 Å². The summed E-state index contributed by atoms with van der Waals surface area (Å²) in [7, 11) is 0. The molecule has 2 nitrogen and oxygen atoms in total. The summed E-state index contributed by atoms with van der Waals surface area (Å²) in [5.41, 5.74) is 10.9. The highest BCUT2D eigenvalue weighted by Gasteiger charge is 2.16. The molecule has 2 aromatic rings. The van der Waals surface area contributed by atoms with Gasteiger partial charge in [0.15, 0.2) is 0 Å². The van der Waals surface area contributed by atoms with Crippen LogP contribution in [0, 0.1) is 0 Å². The Labute approximate surface area is 114 Å². The largest absolute Gasteiger partial charge is 0.326 e. The molecule has 0 saturated carbocycles. The zero-order valence-electron chi connectivity index (χ0n) is 11.1. The lowest BCUT2D eigenvalue weighted by Crippen LogP contribution is -2.07. The Balaban J connectivity index is 1.93. The predicted octanol–water partition coefficient (Wildman–Crippen LogP) is 2.89.